The molecule has 0 aliphatic heterocycles. The normalized spacial score (nSPS) is 10.7. The van der Waals surface area contributed by atoms with Gasteiger partial charge in [0, 0.05) is 24.5 Å². The first-order valence-electron chi connectivity index (χ1n) is 10.2. The Hall–Kier alpha value is -4.26. The van der Waals surface area contributed by atoms with Crippen LogP contribution in [0.15, 0.2) is 79.1 Å². The standard InChI is InChI=1S/C25H21N3O4/c1-2-32-25(31)19-15-22(24(30)27-16-17-8-4-3-5-9-17)28-13-11-18(14-21(19)28)23(29)20-10-6-7-12-26-20/h3-15H,2,16H2,1H3,(H,27,30). The highest BCUT2D eigenvalue weighted by atomic mass is 16.5. The van der Waals surface area contributed by atoms with Crippen molar-refractivity contribution in [2.75, 3.05) is 6.61 Å². The fourth-order valence-corrected chi connectivity index (χ4v) is 3.40. The Kier molecular flexibility index (Phi) is 6.07. The highest BCUT2D eigenvalue weighted by Crippen LogP contribution is 2.21. The third-order valence-electron chi connectivity index (χ3n) is 4.96. The van der Waals surface area contributed by atoms with Crippen LogP contribution in [-0.2, 0) is 11.3 Å². The van der Waals surface area contributed by atoms with Crippen molar-refractivity contribution < 1.29 is 19.1 Å². The van der Waals surface area contributed by atoms with E-state index in [2.05, 4.69) is 10.3 Å². The van der Waals surface area contributed by atoms with Gasteiger partial charge in [0.2, 0.25) is 5.78 Å². The molecule has 1 aromatic carbocycles. The van der Waals surface area contributed by atoms with Crippen LogP contribution in [0.5, 0.6) is 0 Å². The summed E-state index contributed by atoms with van der Waals surface area (Å²) in [6, 6.07) is 19.3. The molecule has 0 bridgehead atoms. The summed E-state index contributed by atoms with van der Waals surface area (Å²) in [5.74, 6) is -1.18. The molecule has 1 amide bonds. The minimum atomic E-state index is -0.561. The molecule has 0 atom stereocenters. The van der Waals surface area contributed by atoms with Crippen LogP contribution in [-0.4, -0.2) is 33.7 Å². The number of benzene rings is 1. The monoisotopic (exact) mass is 427 g/mol. The molecule has 0 aliphatic carbocycles. The molecular formula is C25H21N3O4. The molecule has 0 radical (unpaired) electrons. The minimum absolute atomic E-state index is 0.193. The molecule has 160 valence electrons. The molecule has 7 heteroatoms. The van der Waals surface area contributed by atoms with Gasteiger partial charge in [-0.05, 0) is 42.8 Å². The van der Waals surface area contributed by atoms with Crippen molar-refractivity contribution in [2.24, 2.45) is 0 Å². The SMILES string of the molecule is CCOC(=O)c1cc(C(=O)NCc2ccccc2)n2ccc(C(=O)c3ccccn3)cc12. The Morgan fingerprint density at radius 1 is 1.00 bits per heavy atom. The smallest absolute Gasteiger partial charge is 0.340 e. The van der Waals surface area contributed by atoms with Gasteiger partial charge in [0.05, 0.1) is 17.7 Å². The number of carbonyl (C=O) groups excluding carboxylic acids is 3. The summed E-state index contributed by atoms with van der Waals surface area (Å²) in [4.78, 5) is 42.4. The summed E-state index contributed by atoms with van der Waals surface area (Å²) in [7, 11) is 0. The van der Waals surface area contributed by atoms with Gasteiger partial charge in [0.15, 0.2) is 0 Å². The molecule has 32 heavy (non-hydrogen) atoms. The molecule has 0 fully saturated rings. The Morgan fingerprint density at radius 3 is 2.50 bits per heavy atom. The number of esters is 1. The lowest BCUT2D eigenvalue weighted by Gasteiger charge is -2.07. The van der Waals surface area contributed by atoms with Crippen LogP contribution in [0, 0.1) is 0 Å². The van der Waals surface area contributed by atoms with E-state index >= 15 is 0 Å². The van der Waals surface area contributed by atoms with Crippen LogP contribution in [0.3, 0.4) is 0 Å². The molecule has 3 heterocycles. The van der Waals surface area contributed by atoms with Crippen LogP contribution < -0.4 is 5.32 Å². The average Bonchev–Trinajstić information content (AvgIpc) is 3.22. The third kappa shape index (κ3) is 4.27. The Bertz CT molecular complexity index is 1280. The van der Waals surface area contributed by atoms with Crippen LogP contribution in [0.4, 0.5) is 0 Å². The quantitative estimate of drug-likeness (QED) is 0.359. The van der Waals surface area contributed by atoms with Crippen molar-refractivity contribution >= 4 is 23.2 Å². The van der Waals surface area contributed by atoms with E-state index in [9.17, 15) is 14.4 Å². The number of rotatable bonds is 7. The first kappa shape index (κ1) is 21.0. The van der Waals surface area contributed by atoms with Gasteiger partial charge in [-0.2, -0.15) is 0 Å². The second-order valence-electron chi connectivity index (χ2n) is 7.05. The van der Waals surface area contributed by atoms with E-state index in [1.807, 2.05) is 30.3 Å². The molecule has 3 aromatic heterocycles. The maximum Gasteiger partial charge on any atom is 0.340 e. The minimum Gasteiger partial charge on any atom is -0.462 e. The number of pyridine rings is 2. The number of ether oxygens (including phenoxy) is 1. The molecule has 4 aromatic rings. The van der Waals surface area contributed by atoms with Gasteiger partial charge >= 0.3 is 5.97 Å². The Labute approximate surface area is 184 Å². The lowest BCUT2D eigenvalue weighted by atomic mass is 10.1. The predicted octanol–water partition coefficient (Wildman–Crippen LogP) is 3.67. The van der Waals surface area contributed by atoms with Gasteiger partial charge in [-0.25, -0.2) is 4.79 Å². The van der Waals surface area contributed by atoms with Crippen LogP contribution in [0.1, 0.15) is 49.4 Å². The van der Waals surface area contributed by atoms with Crippen LogP contribution >= 0.6 is 0 Å². The van der Waals surface area contributed by atoms with E-state index in [0.717, 1.165) is 5.56 Å². The van der Waals surface area contributed by atoms with Crippen molar-refractivity contribution in [3.8, 4) is 0 Å². The molecule has 0 saturated carbocycles. The lowest BCUT2D eigenvalue weighted by Crippen LogP contribution is -2.24. The molecule has 0 spiro atoms. The van der Waals surface area contributed by atoms with Crippen molar-refractivity contribution in [3.05, 3.63) is 107 Å². The van der Waals surface area contributed by atoms with Crippen molar-refractivity contribution in [1.82, 2.24) is 14.7 Å². The number of amides is 1. The molecule has 1 N–H and O–H groups in total. The third-order valence-corrected chi connectivity index (χ3v) is 4.96. The maximum absolute atomic E-state index is 12.9. The topological polar surface area (TPSA) is 89.8 Å². The number of hydrogen-bond donors (Lipinski definition) is 1. The summed E-state index contributed by atoms with van der Waals surface area (Å²) >= 11 is 0. The van der Waals surface area contributed by atoms with E-state index in [-0.39, 0.29) is 29.6 Å². The zero-order chi connectivity index (χ0) is 22.5. The molecule has 0 saturated heterocycles. The molecule has 4 rings (SSSR count). The molecular weight excluding hydrogens is 406 g/mol. The number of carbonyl (C=O) groups is 3. The lowest BCUT2D eigenvalue weighted by molar-refractivity contribution is 0.0528. The van der Waals surface area contributed by atoms with Gasteiger partial charge in [-0.3, -0.25) is 14.6 Å². The Morgan fingerprint density at radius 2 is 1.78 bits per heavy atom. The summed E-state index contributed by atoms with van der Waals surface area (Å²) in [5.41, 5.74) is 2.51. The maximum atomic E-state index is 12.9. The van der Waals surface area contributed by atoms with E-state index < -0.39 is 5.97 Å². The Balaban J connectivity index is 1.71. The van der Waals surface area contributed by atoms with Crippen molar-refractivity contribution in [2.45, 2.75) is 13.5 Å². The highest BCUT2D eigenvalue weighted by Gasteiger charge is 2.22. The van der Waals surface area contributed by atoms with Crippen LogP contribution in [0.2, 0.25) is 0 Å². The summed E-state index contributed by atoms with van der Waals surface area (Å²) < 4.78 is 6.75. The summed E-state index contributed by atoms with van der Waals surface area (Å²) in [6.07, 6.45) is 3.15. The highest BCUT2D eigenvalue weighted by molar-refractivity contribution is 6.10. The molecule has 0 unspecified atom stereocenters. The average molecular weight is 427 g/mol. The first-order valence-corrected chi connectivity index (χ1v) is 10.2. The van der Waals surface area contributed by atoms with Gasteiger partial charge in [-0.15, -0.1) is 0 Å². The largest absolute Gasteiger partial charge is 0.462 e. The zero-order valence-corrected chi connectivity index (χ0v) is 17.4. The van der Waals surface area contributed by atoms with E-state index in [1.165, 1.54) is 6.07 Å². The summed E-state index contributed by atoms with van der Waals surface area (Å²) in [5, 5.41) is 2.87. The van der Waals surface area contributed by atoms with Gasteiger partial charge < -0.3 is 14.5 Å². The van der Waals surface area contributed by atoms with Gasteiger partial charge in [0.1, 0.15) is 11.4 Å². The van der Waals surface area contributed by atoms with Crippen molar-refractivity contribution in [3.63, 3.8) is 0 Å². The van der Waals surface area contributed by atoms with Crippen molar-refractivity contribution in [1.29, 1.82) is 0 Å². The van der Waals surface area contributed by atoms with E-state index in [1.54, 1.807) is 54.0 Å². The zero-order valence-electron chi connectivity index (χ0n) is 17.4. The molecule has 7 nitrogen and oxygen atoms in total. The van der Waals surface area contributed by atoms with Gasteiger partial charge in [-0.1, -0.05) is 36.4 Å². The number of ketones is 1. The van der Waals surface area contributed by atoms with Crippen LogP contribution in [0.25, 0.3) is 5.52 Å². The second kappa shape index (κ2) is 9.26. The predicted molar refractivity (Wildman–Crippen MR) is 119 cm³/mol. The van der Waals surface area contributed by atoms with Gasteiger partial charge in [0.25, 0.3) is 5.91 Å². The molecule has 0 aliphatic rings. The fraction of sp³-hybridized carbons (Fsp3) is 0.120. The van der Waals surface area contributed by atoms with E-state index in [4.69, 9.17) is 4.74 Å². The number of nitrogens with zero attached hydrogens (tertiary/aromatic N) is 2. The van der Waals surface area contributed by atoms with E-state index in [0.29, 0.717) is 23.3 Å². The number of aromatic nitrogens is 2. The first-order chi connectivity index (χ1) is 15.6. The number of hydrogen-bond acceptors (Lipinski definition) is 5. The summed E-state index contributed by atoms with van der Waals surface area (Å²) in [6.45, 7) is 2.25. The fourth-order valence-electron chi connectivity index (χ4n) is 3.40. The second-order valence-corrected chi connectivity index (χ2v) is 7.05. The number of nitrogens with one attached hydrogen (secondary N) is 1. The number of fused-ring (bicyclic) bond motifs is 1.